The number of nitrogens with zero attached hydrogens (tertiary/aromatic N) is 5. The first kappa shape index (κ1) is 19.9. The number of morpholine rings is 1. The topological polar surface area (TPSA) is 54.0 Å². The molecule has 1 atom stereocenters. The first-order valence-corrected chi connectivity index (χ1v) is 10.5. The highest BCUT2D eigenvalue weighted by molar-refractivity contribution is 5.44. The zero-order valence-electron chi connectivity index (χ0n) is 17.5. The zero-order valence-corrected chi connectivity index (χ0v) is 17.5. The van der Waals surface area contributed by atoms with Crippen LogP contribution in [-0.2, 0) is 11.3 Å². The molecule has 7 heteroatoms. The number of likely N-dealkylation sites (N-methyl/N-ethyl adjacent to an activating group) is 1. The Morgan fingerprint density at radius 2 is 2.00 bits per heavy atom. The molecule has 1 aromatic heterocycles. The minimum absolute atomic E-state index is 0.401. The molecule has 1 unspecified atom stereocenters. The molecule has 1 aromatic carbocycles. The summed E-state index contributed by atoms with van der Waals surface area (Å²) in [5.41, 5.74) is 1.24. The Labute approximate surface area is 173 Å². The van der Waals surface area contributed by atoms with Crippen LogP contribution in [0.4, 0.5) is 11.8 Å². The summed E-state index contributed by atoms with van der Waals surface area (Å²) in [6.45, 7) is 6.30. The fourth-order valence-corrected chi connectivity index (χ4v) is 4.21. The lowest BCUT2D eigenvalue weighted by atomic mass is 10.0. The van der Waals surface area contributed by atoms with Crippen molar-refractivity contribution in [2.75, 3.05) is 63.4 Å². The number of hydrogen-bond acceptors (Lipinski definition) is 7. The van der Waals surface area contributed by atoms with Crippen molar-refractivity contribution < 1.29 is 9.47 Å². The Morgan fingerprint density at radius 1 is 1.17 bits per heavy atom. The van der Waals surface area contributed by atoms with Crippen molar-refractivity contribution in [3.05, 3.63) is 42.1 Å². The van der Waals surface area contributed by atoms with Gasteiger partial charge in [-0.15, -0.1) is 0 Å². The lowest BCUT2D eigenvalue weighted by Gasteiger charge is -2.38. The van der Waals surface area contributed by atoms with Crippen LogP contribution >= 0.6 is 0 Å². The summed E-state index contributed by atoms with van der Waals surface area (Å²) in [6, 6.07) is 10.7. The van der Waals surface area contributed by atoms with Gasteiger partial charge in [-0.1, -0.05) is 18.2 Å². The monoisotopic (exact) mass is 397 g/mol. The van der Waals surface area contributed by atoms with E-state index in [1.54, 1.807) is 7.11 Å². The van der Waals surface area contributed by atoms with Crippen LogP contribution in [0.5, 0.6) is 5.75 Å². The molecule has 0 amide bonds. The number of hydrogen-bond donors (Lipinski definition) is 0. The largest absolute Gasteiger partial charge is 0.496 e. The number of benzene rings is 1. The molecule has 0 N–H and O–H groups in total. The van der Waals surface area contributed by atoms with Gasteiger partial charge in [-0.25, -0.2) is 4.98 Å². The maximum absolute atomic E-state index is 5.53. The summed E-state index contributed by atoms with van der Waals surface area (Å²) in [4.78, 5) is 16.5. The van der Waals surface area contributed by atoms with Gasteiger partial charge in [0.1, 0.15) is 11.6 Å². The van der Waals surface area contributed by atoms with Gasteiger partial charge < -0.3 is 19.3 Å². The molecule has 2 aliphatic heterocycles. The van der Waals surface area contributed by atoms with Crippen molar-refractivity contribution >= 4 is 11.8 Å². The summed E-state index contributed by atoms with van der Waals surface area (Å²) < 4.78 is 11.0. The van der Waals surface area contributed by atoms with Gasteiger partial charge in [0.2, 0.25) is 5.95 Å². The van der Waals surface area contributed by atoms with Gasteiger partial charge in [-0.2, -0.15) is 4.98 Å². The molecule has 4 rings (SSSR count). The van der Waals surface area contributed by atoms with Crippen molar-refractivity contribution in [3.8, 4) is 5.75 Å². The fourth-order valence-electron chi connectivity index (χ4n) is 4.21. The predicted octanol–water partition coefficient (Wildman–Crippen LogP) is 2.42. The van der Waals surface area contributed by atoms with Gasteiger partial charge in [0.05, 0.1) is 20.3 Å². The smallest absolute Gasteiger partial charge is 0.227 e. The van der Waals surface area contributed by atoms with E-state index in [-0.39, 0.29) is 0 Å². The van der Waals surface area contributed by atoms with Gasteiger partial charge in [-0.05, 0) is 31.5 Å². The molecule has 156 valence electrons. The summed E-state index contributed by atoms with van der Waals surface area (Å²) >= 11 is 0. The van der Waals surface area contributed by atoms with Crippen molar-refractivity contribution in [2.45, 2.75) is 25.4 Å². The SMILES string of the molecule is COc1ccccc1CN1CCCC(N(C)c2nccc(N3CCOCC3)n2)C1. The normalized spacial score (nSPS) is 20.5. The average molecular weight is 398 g/mol. The minimum atomic E-state index is 0.401. The molecule has 0 spiro atoms. The van der Waals surface area contributed by atoms with Crippen molar-refractivity contribution in [1.82, 2.24) is 14.9 Å². The van der Waals surface area contributed by atoms with Gasteiger partial charge in [0, 0.05) is 51.0 Å². The molecule has 0 radical (unpaired) electrons. The number of likely N-dealkylation sites (tertiary alicyclic amines) is 1. The Bertz CT molecular complexity index is 796. The predicted molar refractivity (Wildman–Crippen MR) is 115 cm³/mol. The summed E-state index contributed by atoms with van der Waals surface area (Å²) in [6.07, 6.45) is 4.20. The molecule has 2 aromatic rings. The van der Waals surface area contributed by atoms with E-state index in [1.807, 2.05) is 24.4 Å². The molecule has 2 saturated heterocycles. The molecule has 0 saturated carbocycles. The lowest BCUT2D eigenvalue weighted by Crippen LogP contribution is -2.47. The molecule has 0 aliphatic carbocycles. The zero-order chi connectivity index (χ0) is 20.1. The molecular formula is C22H31N5O2. The van der Waals surface area contributed by atoms with E-state index < -0.39 is 0 Å². The standard InChI is InChI=1S/C22H31N5O2/c1-25(22-23-10-9-21(24-22)27-12-14-29-15-13-27)19-7-5-11-26(17-19)16-18-6-3-4-8-20(18)28-2/h3-4,6,8-10,19H,5,7,11-17H2,1-2H3. The highest BCUT2D eigenvalue weighted by atomic mass is 16.5. The number of methoxy groups -OCH3 is 1. The van der Waals surface area contributed by atoms with Crippen LogP contribution in [0, 0.1) is 0 Å². The van der Waals surface area contributed by atoms with Gasteiger partial charge in [0.15, 0.2) is 0 Å². The summed E-state index contributed by atoms with van der Waals surface area (Å²) in [5.74, 6) is 2.76. The summed E-state index contributed by atoms with van der Waals surface area (Å²) in [5, 5.41) is 0. The Morgan fingerprint density at radius 3 is 2.83 bits per heavy atom. The van der Waals surface area contributed by atoms with E-state index >= 15 is 0 Å². The summed E-state index contributed by atoms with van der Waals surface area (Å²) in [7, 11) is 3.86. The van der Waals surface area contributed by atoms with Crippen LogP contribution in [0.1, 0.15) is 18.4 Å². The molecule has 0 bridgehead atoms. The van der Waals surface area contributed by atoms with Crippen LogP contribution in [0.2, 0.25) is 0 Å². The van der Waals surface area contributed by atoms with Gasteiger partial charge in [-0.3, -0.25) is 4.90 Å². The first-order chi connectivity index (χ1) is 14.2. The molecule has 3 heterocycles. The Kier molecular flexibility index (Phi) is 6.46. The van der Waals surface area contributed by atoms with Crippen molar-refractivity contribution in [1.29, 1.82) is 0 Å². The number of rotatable bonds is 6. The second-order valence-corrected chi connectivity index (χ2v) is 7.77. The van der Waals surface area contributed by atoms with Crippen molar-refractivity contribution in [2.24, 2.45) is 0 Å². The number of piperidine rings is 1. The fraction of sp³-hybridized carbons (Fsp3) is 0.545. The van der Waals surface area contributed by atoms with E-state index in [2.05, 4.69) is 38.9 Å². The Hall–Kier alpha value is -2.38. The number of para-hydroxylation sites is 1. The number of anilines is 2. The van der Waals surface area contributed by atoms with Gasteiger partial charge in [0.25, 0.3) is 0 Å². The number of aromatic nitrogens is 2. The van der Waals surface area contributed by atoms with Crippen LogP contribution < -0.4 is 14.5 Å². The van der Waals surface area contributed by atoms with E-state index in [0.717, 1.165) is 69.9 Å². The van der Waals surface area contributed by atoms with Crippen LogP contribution in [-0.4, -0.2) is 74.5 Å². The quantitative estimate of drug-likeness (QED) is 0.742. The van der Waals surface area contributed by atoms with E-state index in [9.17, 15) is 0 Å². The maximum Gasteiger partial charge on any atom is 0.227 e. The van der Waals surface area contributed by atoms with E-state index in [4.69, 9.17) is 14.5 Å². The molecule has 2 aliphatic rings. The maximum atomic E-state index is 5.53. The van der Waals surface area contributed by atoms with Crippen molar-refractivity contribution in [3.63, 3.8) is 0 Å². The highest BCUT2D eigenvalue weighted by Gasteiger charge is 2.26. The Balaban J connectivity index is 1.42. The van der Waals surface area contributed by atoms with Gasteiger partial charge >= 0.3 is 0 Å². The second-order valence-electron chi connectivity index (χ2n) is 7.77. The van der Waals surface area contributed by atoms with Crippen LogP contribution in [0.3, 0.4) is 0 Å². The number of ether oxygens (including phenoxy) is 2. The molecule has 2 fully saturated rings. The van der Waals surface area contributed by atoms with E-state index in [1.165, 1.54) is 12.0 Å². The highest BCUT2D eigenvalue weighted by Crippen LogP contribution is 2.24. The molecular weight excluding hydrogens is 366 g/mol. The van der Waals surface area contributed by atoms with Crippen LogP contribution in [0.15, 0.2) is 36.5 Å². The lowest BCUT2D eigenvalue weighted by molar-refractivity contribution is 0.122. The second kappa shape index (κ2) is 9.41. The van der Waals surface area contributed by atoms with Crippen LogP contribution in [0.25, 0.3) is 0 Å². The molecule has 7 nitrogen and oxygen atoms in total. The van der Waals surface area contributed by atoms with E-state index in [0.29, 0.717) is 6.04 Å². The third-order valence-electron chi connectivity index (χ3n) is 5.89. The first-order valence-electron chi connectivity index (χ1n) is 10.5. The third kappa shape index (κ3) is 4.79. The minimum Gasteiger partial charge on any atom is -0.496 e. The average Bonchev–Trinajstić information content (AvgIpc) is 2.80. The molecule has 29 heavy (non-hydrogen) atoms. The third-order valence-corrected chi connectivity index (χ3v) is 5.89.